The summed E-state index contributed by atoms with van der Waals surface area (Å²) in [4.78, 5) is 0. The molecule has 1 aromatic rings. The second-order valence-electron chi connectivity index (χ2n) is 4.93. The van der Waals surface area contributed by atoms with Crippen LogP contribution in [0, 0.1) is 5.92 Å². The van der Waals surface area contributed by atoms with Gasteiger partial charge < -0.3 is 19.9 Å². The zero-order valence-corrected chi connectivity index (χ0v) is 14.0. The molecule has 20 heavy (non-hydrogen) atoms. The van der Waals surface area contributed by atoms with Gasteiger partial charge in [0.2, 0.25) is 0 Å². The number of rotatable bonds is 9. The van der Waals surface area contributed by atoms with Crippen LogP contribution >= 0.6 is 15.9 Å². The first-order valence-electron chi connectivity index (χ1n) is 6.98. The van der Waals surface area contributed by atoms with Crippen LogP contribution in [0.15, 0.2) is 16.6 Å². The Kier molecular flexibility index (Phi) is 7.95. The van der Waals surface area contributed by atoms with Crippen molar-refractivity contribution >= 4 is 15.9 Å². The highest BCUT2D eigenvalue weighted by Gasteiger charge is 2.12. The molecule has 0 fully saturated rings. The van der Waals surface area contributed by atoms with Gasteiger partial charge in [-0.2, -0.15) is 0 Å². The van der Waals surface area contributed by atoms with Crippen LogP contribution in [-0.2, 0) is 6.54 Å². The van der Waals surface area contributed by atoms with Crippen LogP contribution in [0.3, 0.4) is 0 Å². The zero-order chi connectivity index (χ0) is 15.0. The molecule has 5 heteroatoms. The topological polar surface area (TPSA) is 50.7 Å². The molecule has 0 unspecified atom stereocenters. The van der Waals surface area contributed by atoms with Crippen LogP contribution in [0.25, 0.3) is 0 Å². The van der Waals surface area contributed by atoms with Crippen molar-refractivity contribution in [2.45, 2.75) is 27.3 Å². The van der Waals surface area contributed by atoms with E-state index in [4.69, 9.17) is 14.6 Å². The van der Waals surface area contributed by atoms with E-state index in [1.165, 1.54) is 0 Å². The molecule has 0 aromatic heterocycles. The summed E-state index contributed by atoms with van der Waals surface area (Å²) < 4.78 is 12.0. The first-order chi connectivity index (χ1) is 9.58. The summed E-state index contributed by atoms with van der Waals surface area (Å²) in [6.45, 7) is 8.87. The summed E-state index contributed by atoms with van der Waals surface area (Å²) in [5, 5.41) is 12.3. The lowest BCUT2D eigenvalue weighted by Crippen LogP contribution is -2.19. The van der Waals surface area contributed by atoms with E-state index in [9.17, 15) is 0 Å². The summed E-state index contributed by atoms with van der Waals surface area (Å²) in [6, 6.07) is 4.00. The number of halogens is 1. The smallest absolute Gasteiger partial charge is 0.175 e. The van der Waals surface area contributed by atoms with Gasteiger partial charge >= 0.3 is 0 Å². The summed E-state index contributed by atoms with van der Waals surface area (Å²) in [6.07, 6.45) is 0. The SMILES string of the molecule is CCOc1cc(CNCC(C)C)cc(Br)c1OCCO. The average molecular weight is 346 g/mol. The summed E-state index contributed by atoms with van der Waals surface area (Å²) >= 11 is 3.50. The predicted molar refractivity (Wildman–Crippen MR) is 84.4 cm³/mol. The Balaban J connectivity index is 2.82. The van der Waals surface area contributed by atoms with Crippen molar-refractivity contribution in [1.82, 2.24) is 5.32 Å². The number of hydrogen-bond donors (Lipinski definition) is 2. The van der Waals surface area contributed by atoms with Crippen molar-refractivity contribution in [2.24, 2.45) is 5.92 Å². The van der Waals surface area contributed by atoms with Crippen LogP contribution < -0.4 is 14.8 Å². The molecule has 0 bridgehead atoms. The van der Waals surface area contributed by atoms with E-state index in [0.29, 0.717) is 24.0 Å². The molecule has 0 aliphatic heterocycles. The molecule has 0 radical (unpaired) electrons. The minimum Gasteiger partial charge on any atom is -0.490 e. The summed E-state index contributed by atoms with van der Waals surface area (Å²) in [7, 11) is 0. The molecule has 1 rings (SSSR count). The Morgan fingerprint density at radius 2 is 2.05 bits per heavy atom. The molecule has 0 saturated heterocycles. The van der Waals surface area contributed by atoms with E-state index in [2.05, 4.69) is 35.1 Å². The van der Waals surface area contributed by atoms with Crippen molar-refractivity contribution in [1.29, 1.82) is 0 Å². The van der Waals surface area contributed by atoms with Gasteiger partial charge in [-0.3, -0.25) is 0 Å². The molecule has 0 spiro atoms. The number of ether oxygens (including phenoxy) is 2. The van der Waals surface area contributed by atoms with Crippen LogP contribution in [0.2, 0.25) is 0 Å². The highest BCUT2D eigenvalue weighted by Crippen LogP contribution is 2.36. The Labute approximate surface area is 129 Å². The molecule has 4 nitrogen and oxygen atoms in total. The fraction of sp³-hybridized carbons (Fsp3) is 0.600. The molecule has 0 aliphatic carbocycles. The number of nitrogens with one attached hydrogen (secondary N) is 1. The maximum atomic E-state index is 8.87. The third kappa shape index (κ3) is 5.69. The first kappa shape index (κ1) is 17.3. The standard InChI is InChI=1S/C15H24BrNO3/c1-4-19-14-8-12(10-17-9-11(2)3)7-13(16)15(14)20-6-5-18/h7-8,11,17-18H,4-6,9-10H2,1-3H3. The van der Waals surface area contributed by atoms with Gasteiger partial charge in [-0.05, 0) is 53.0 Å². The largest absolute Gasteiger partial charge is 0.490 e. The molecule has 0 heterocycles. The van der Waals surface area contributed by atoms with E-state index >= 15 is 0 Å². The molecule has 0 atom stereocenters. The van der Waals surface area contributed by atoms with Crippen molar-refractivity contribution in [3.05, 3.63) is 22.2 Å². The maximum Gasteiger partial charge on any atom is 0.175 e. The predicted octanol–water partition coefficient (Wildman–Crippen LogP) is 2.96. The number of benzene rings is 1. The minimum absolute atomic E-state index is 0.0182. The van der Waals surface area contributed by atoms with E-state index in [1.807, 2.05) is 19.1 Å². The van der Waals surface area contributed by atoms with Gasteiger partial charge in [0.1, 0.15) is 6.61 Å². The van der Waals surface area contributed by atoms with E-state index < -0.39 is 0 Å². The molecule has 0 aliphatic rings. The van der Waals surface area contributed by atoms with Gasteiger partial charge in [0, 0.05) is 6.54 Å². The lowest BCUT2D eigenvalue weighted by molar-refractivity contribution is 0.193. The molecular weight excluding hydrogens is 322 g/mol. The average Bonchev–Trinajstić information content (AvgIpc) is 2.38. The highest BCUT2D eigenvalue weighted by atomic mass is 79.9. The monoisotopic (exact) mass is 345 g/mol. The molecular formula is C15H24BrNO3. The lowest BCUT2D eigenvalue weighted by atomic mass is 10.2. The Bertz CT molecular complexity index is 410. The summed E-state index contributed by atoms with van der Waals surface area (Å²) in [5.41, 5.74) is 1.14. The van der Waals surface area contributed by atoms with Gasteiger partial charge in [-0.25, -0.2) is 0 Å². The van der Waals surface area contributed by atoms with Gasteiger partial charge in [-0.1, -0.05) is 13.8 Å². The first-order valence-corrected chi connectivity index (χ1v) is 7.77. The van der Waals surface area contributed by atoms with Gasteiger partial charge in [0.15, 0.2) is 11.5 Å². The molecule has 1 aromatic carbocycles. The van der Waals surface area contributed by atoms with Crippen molar-refractivity contribution < 1.29 is 14.6 Å². The van der Waals surface area contributed by atoms with Crippen molar-refractivity contribution in [3.8, 4) is 11.5 Å². The van der Waals surface area contributed by atoms with Crippen LogP contribution in [0.1, 0.15) is 26.3 Å². The Morgan fingerprint density at radius 1 is 1.30 bits per heavy atom. The number of aliphatic hydroxyl groups excluding tert-OH is 1. The van der Waals surface area contributed by atoms with Crippen LogP contribution in [-0.4, -0.2) is 31.5 Å². The van der Waals surface area contributed by atoms with Gasteiger partial charge in [0.05, 0.1) is 17.7 Å². The van der Waals surface area contributed by atoms with E-state index in [1.54, 1.807) is 0 Å². The zero-order valence-electron chi connectivity index (χ0n) is 12.4. The van der Waals surface area contributed by atoms with E-state index in [0.717, 1.165) is 23.1 Å². The Morgan fingerprint density at radius 3 is 2.65 bits per heavy atom. The molecule has 114 valence electrons. The van der Waals surface area contributed by atoms with E-state index in [-0.39, 0.29) is 13.2 Å². The normalized spacial score (nSPS) is 10.9. The minimum atomic E-state index is -0.0182. The molecule has 2 N–H and O–H groups in total. The van der Waals surface area contributed by atoms with Crippen molar-refractivity contribution in [2.75, 3.05) is 26.4 Å². The lowest BCUT2D eigenvalue weighted by Gasteiger charge is -2.15. The Hall–Kier alpha value is -0.780. The fourth-order valence-electron chi connectivity index (χ4n) is 1.78. The van der Waals surface area contributed by atoms with Crippen LogP contribution in [0.5, 0.6) is 11.5 Å². The number of hydrogen-bond acceptors (Lipinski definition) is 4. The fourth-order valence-corrected chi connectivity index (χ4v) is 2.38. The highest BCUT2D eigenvalue weighted by molar-refractivity contribution is 9.10. The number of aliphatic hydroxyl groups is 1. The molecule has 0 saturated carbocycles. The second kappa shape index (κ2) is 9.21. The third-order valence-corrected chi connectivity index (χ3v) is 3.18. The van der Waals surface area contributed by atoms with Crippen LogP contribution in [0.4, 0.5) is 0 Å². The van der Waals surface area contributed by atoms with Gasteiger partial charge in [-0.15, -0.1) is 0 Å². The molecule has 0 amide bonds. The quantitative estimate of drug-likeness (QED) is 0.722. The third-order valence-electron chi connectivity index (χ3n) is 2.59. The summed E-state index contributed by atoms with van der Waals surface area (Å²) in [5.74, 6) is 1.97. The second-order valence-corrected chi connectivity index (χ2v) is 5.79. The maximum absolute atomic E-state index is 8.87. The van der Waals surface area contributed by atoms with Crippen molar-refractivity contribution in [3.63, 3.8) is 0 Å². The van der Waals surface area contributed by atoms with Gasteiger partial charge in [0.25, 0.3) is 0 Å².